The third-order valence-corrected chi connectivity index (χ3v) is 4.30. The van der Waals surface area contributed by atoms with Gasteiger partial charge < -0.3 is 14.6 Å². The highest BCUT2D eigenvalue weighted by molar-refractivity contribution is 9.09. The van der Waals surface area contributed by atoms with Crippen LogP contribution in [0.4, 0.5) is 4.79 Å². The smallest absolute Gasteiger partial charge is 0.481 e. The minimum atomic E-state index is -0.852. The lowest BCUT2D eigenvalue weighted by atomic mass is 9.87. The predicted octanol–water partition coefficient (Wildman–Crippen LogP) is 3.22. The molecule has 0 saturated heterocycles. The number of hydrogen-bond donors (Lipinski definition) is 1. The van der Waals surface area contributed by atoms with Crippen LogP contribution in [0.25, 0.3) is 0 Å². The lowest BCUT2D eigenvalue weighted by molar-refractivity contribution is -0.144. The van der Waals surface area contributed by atoms with Crippen molar-refractivity contribution >= 4 is 28.1 Å². The molecular weight excluding hydrogens is 328 g/mol. The Hall–Kier alpha value is -1.56. The number of rotatable bonds is 3. The van der Waals surface area contributed by atoms with Gasteiger partial charge in [-0.15, -0.1) is 0 Å². The van der Waals surface area contributed by atoms with E-state index < -0.39 is 24.1 Å². The van der Waals surface area contributed by atoms with Gasteiger partial charge in [0.15, 0.2) is 0 Å². The first-order chi connectivity index (χ1) is 9.56. The van der Waals surface area contributed by atoms with E-state index in [1.54, 1.807) is 24.3 Å². The molecule has 0 bridgehead atoms. The van der Waals surface area contributed by atoms with Gasteiger partial charge >= 0.3 is 12.1 Å². The highest BCUT2D eigenvalue weighted by Gasteiger charge is 2.35. The highest BCUT2D eigenvalue weighted by Crippen LogP contribution is 2.31. The molecule has 1 N–H and O–H groups in total. The van der Waals surface area contributed by atoms with Crippen LogP contribution >= 0.6 is 15.9 Å². The molecule has 108 valence electrons. The zero-order valence-electron chi connectivity index (χ0n) is 10.7. The number of carbonyl (C=O) groups excluding carboxylic acids is 1. The van der Waals surface area contributed by atoms with E-state index in [2.05, 4.69) is 15.9 Å². The van der Waals surface area contributed by atoms with Gasteiger partial charge in [-0.3, -0.25) is 4.79 Å². The second kappa shape index (κ2) is 6.74. The normalized spacial score (nSPS) is 25.8. The van der Waals surface area contributed by atoms with E-state index in [1.165, 1.54) is 0 Å². The van der Waals surface area contributed by atoms with Crippen molar-refractivity contribution in [3.05, 3.63) is 30.3 Å². The molecule has 1 aliphatic rings. The molecule has 0 aromatic heterocycles. The molecule has 1 aliphatic carbocycles. The lowest BCUT2D eigenvalue weighted by Gasteiger charge is -2.30. The maximum absolute atomic E-state index is 11.7. The number of para-hydroxylation sites is 1. The number of carboxylic acid groups (broad SMARTS) is 1. The van der Waals surface area contributed by atoms with Crippen LogP contribution in [0.3, 0.4) is 0 Å². The van der Waals surface area contributed by atoms with Crippen LogP contribution in [0.15, 0.2) is 30.3 Å². The highest BCUT2D eigenvalue weighted by atomic mass is 79.9. The van der Waals surface area contributed by atoms with Crippen LogP contribution < -0.4 is 4.74 Å². The van der Waals surface area contributed by atoms with Gasteiger partial charge in [-0.2, -0.15) is 0 Å². The summed E-state index contributed by atoms with van der Waals surface area (Å²) in [7, 11) is 0. The number of ether oxygens (including phenoxy) is 2. The van der Waals surface area contributed by atoms with Gasteiger partial charge in [0, 0.05) is 0 Å². The molecule has 3 unspecified atom stereocenters. The summed E-state index contributed by atoms with van der Waals surface area (Å²) >= 11 is 3.42. The van der Waals surface area contributed by atoms with Gasteiger partial charge in [0.25, 0.3) is 0 Å². The zero-order chi connectivity index (χ0) is 14.5. The first kappa shape index (κ1) is 14.8. The van der Waals surface area contributed by atoms with Crippen molar-refractivity contribution in [2.45, 2.75) is 30.2 Å². The minimum absolute atomic E-state index is 0.0403. The Morgan fingerprint density at radius 2 is 1.90 bits per heavy atom. The molecule has 20 heavy (non-hydrogen) atoms. The van der Waals surface area contributed by atoms with Crippen molar-refractivity contribution in [2.75, 3.05) is 0 Å². The second-order valence-corrected chi connectivity index (χ2v) is 5.86. The zero-order valence-corrected chi connectivity index (χ0v) is 12.3. The lowest BCUT2D eigenvalue weighted by Crippen LogP contribution is -2.37. The monoisotopic (exact) mass is 342 g/mol. The van der Waals surface area contributed by atoms with Crippen molar-refractivity contribution < 1.29 is 24.2 Å². The molecule has 0 radical (unpaired) electrons. The molecule has 0 amide bonds. The number of hydrogen-bond acceptors (Lipinski definition) is 4. The van der Waals surface area contributed by atoms with Crippen molar-refractivity contribution in [2.24, 2.45) is 5.92 Å². The van der Waals surface area contributed by atoms with Crippen LogP contribution in [-0.4, -0.2) is 28.2 Å². The molecule has 6 heteroatoms. The predicted molar refractivity (Wildman–Crippen MR) is 75.0 cm³/mol. The number of carboxylic acids is 1. The van der Waals surface area contributed by atoms with Crippen LogP contribution in [0.1, 0.15) is 19.3 Å². The van der Waals surface area contributed by atoms with E-state index in [-0.39, 0.29) is 4.83 Å². The Labute approximate surface area is 125 Å². The number of benzene rings is 1. The minimum Gasteiger partial charge on any atom is -0.481 e. The molecule has 0 aliphatic heterocycles. The van der Waals surface area contributed by atoms with Crippen LogP contribution in [0.5, 0.6) is 5.75 Å². The standard InChI is InChI=1S/C14H15BrO5/c15-11-7-6-9(13(16)17)8-12(11)20-14(18)19-10-4-2-1-3-5-10/h1-5,9,11-12H,6-8H2,(H,16,17). The summed E-state index contributed by atoms with van der Waals surface area (Å²) in [5.41, 5.74) is 0. The average molecular weight is 343 g/mol. The summed E-state index contributed by atoms with van der Waals surface area (Å²) in [6, 6.07) is 8.60. The Kier molecular flexibility index (Phi) is 5.00. The van der Waals surface area contributed by atoms with Crippen LogP contribution in [0.2, 0.25) is 0 Å². The molecule has 1 aromatic rings. The topological polar surface area (TPSA) is 72.8 Å². The van der Waals surface area contributed by atoms with E-state index in [1.807, 2.05) is 6.07 Å². The van der Waals surface area contributed by atoms with Gasteiger partial charge in [-0.05, 0) is 31.4 Å². The van der Waals surface area contributed by atoms with E-state index >= 15 is 0 Å². The van der Waals surface area contributed by atoms with Gasteiger partial charge in [0.1, 0.15) is 11.9 Å². The number of aliphatic carboxylic acids is 1. The van der Waals surface area contributed by atoms with Crippen LogP contribution in [0, 0.1) is 5.92 Å². The fourth-order valence-electron chi connectivity index (χ4n) is 2.17. The van der Waals surface area contributed by atoms with E-state index in [9.17, 15) is 9.59 Å². The first-order valence-corrected chi connectivity index (χ1v) is 7.28. The maximum atomic E-state index is 11.7. The SMILES string of the molecule is O=C(Oc1ccccc1)OC1CC(C(=O)O)CCC1Br. The third-order valence-electron chi connectivity index (χ3n) is 3.25. The first-order valence-electron chi connectivity index (χ1n) is 6.36. The summed E-state index contributed by atoms with van der Waals surface area (Å²) in [6.45, 7) is 0. The van der Waals surface area contributed by atoms with Crippen molar-refractivity contribution in [3.63, 3.8) is 0 Å². The fraction of sp³-hybridized carbons (Fsp3) is 0.429. The quantitative estimate of drug-likeness (QED) is 0.518. The molecule has 0 spiro atoms. The van der Waals surface area contributed by atoms with E-state index in [0.29, 0.717) is 25.0 Å². The molecular formula is C14H15BrO5. The van der Waals surface area contributed by atoms with Crippen molar-refractivity contribution in [1.29, 1.82) is 0 Å². The molecule has 5 nitrogen and oxygen atoms in total. The van der Waals surface area contributed by atoms with Gasteiger partial charge in [-0.1, -0.05) is 34.1 Å². The molecule has 1 aromatic carbocycles. The van der Waals surface area contributed by atoms with Gasteiger partial charge in [-0.25, -0.2) is 4.79 Å². The van der Waals surface area contributed by atoms with Gasteiger partial charge in [0.2, 0.25) is 0 Å². The maximum Gasteiger partial charge on any atom is 0.514 e. The van der Waals surface area contributed by atoms with Gasteiger partial charge in [0.05, 0.1) is 10.7 Å². The summed E-state index contributed by atoms with van der Waals surface area (Å²) in [5, 5.41) is 9.02. The molecule has 0 heterocycles. The fourth-order valence-corrected chi connectivity index (χ4v) is 2.76. The van der Waals surface area contributed by atoms with Crippen molar-refractivity contribution in [3.8, 4) is 5.75 Å². The average Bonchev–Trinajstić information content (AvgIpc) is 2.42. The Bertz CT molecular complexity index is 476. The molecule has 1 fully saturated rings. The summed E-state index contributed by atoms with van der Waals surface area (Å²) in [4.78, 5) is 22.6. The largest absolute Gasteiger partial charge is 0.514 e. The number of alkyl halides is 1. The summed E-state index contributed by atoms with van der Waals surface area (Å²) < 4.78 is 10.2. The van der Waals surface area contributed by atoms with E-state index in [0.717, 1.165) is 0 Å². The molecule has 3 atom stereocenters. The second-order valence-electron chi connectivity index (χ2n) is 4.69. The van der Waals surface area contributed by atoms with E-state index in [4.69, 9.17) is 14.6 Å². The van der Waals surface area contributed by atoms with Crippen molar-refractivity contribution in [1.82, 2.24) is 0 Å². The Balaban J connectivity index is 1.90. The molecule has 2 rings (SSSR count). The molecule has 1 saturated carbocycles. The number of halogens is 1. The number of carbonyl (C=O) groups is 2. The summed E-state index contributed by atoms with van der Waals surface area (Å²) in [6.07, 6.45) is 0.242. The van der Waals surface area contributed by atoms with Crippen LogP contribution in [-0.2, 0) is 9.53 Å². The Morgan fingerprint density at radius 3 is 2.55 bits per heavy atom. The Morgan fingerprint density at radius 1 is 1.20 bits per heavy atom. The summed E-state index contributed by atoms with van der Waals surface area (Å²) in [5.74, 6) is -0.929. The third kappa shape index (κ3) is 3.96.